The minimum absolute atomic E-state index is 0.0951. The molecule has 0 aliphatic rings. The van der Waals surface area contributed by atoms with Gasteiger partial charge in [0.25, 0.3) is 6.43 Å². The Bertz CT molecular complexity index is 726. The van der Waals surface area contributed by atoms with Gasteiger partial charge in [-0.05, 0) is 33.3 Å². The molecule has 2 aromatic rings. The molecule has 0 unspecified atom stereocenters. The van der Waals surface area contributed by atoms with Crippen LogP contribution in [-0.2, 0) is 17.9 Å². The molecule has 0 atom stereocenters. The molecule has 2 rings (SSSR count). The van der Waals surface area contributed by atoms with Crippen LogP contribution >= 0.6 is 11.6 Å². The van der Waals surface area contributed by atoms with Gasteiger partial charge in [0.1, 0.15) is 12.2 Å². The average molecular weight is 360 g/mol. The third-order valence-corrected chi connectivity index (χ3v) is 4.10. The second kappa shape index (κ2) is 7.74. The Balaban J connectivity index is 1.81. The quantitative estimate of drug-likeness (QED) is 0.773. The van der Waals surface area contributed by atoms with Gasteiger partial charge in [0.2, 0.25) is 5.91 Å². The van der Waals surface area contributed by atoms with E-state index in [1.54, 1.807) is 6.92 Å². The predicted octanol–water partition coefficient (Wildman–Crippen LogP) is 2.80. The van der Waals surface area contributed by atoms with E-state index in [4.69, 9.17) is 11.6 Å². The number of amides is 1. The Morgan fingerprint density at radius 2 is 2.00 bits per heavy atom. The molecule has 0 spiro atoms. The lowest BCUT2D eigenvalue weighted by Crippen LogP contribution is -2.29. The Labute approximate surface area is 143 Å². The van der Waals surface area contributed by atoms with E-state index >= 15 is 0 Å². The molecule has 0 aliphatic carbocycles. The lowest BCUT2D eigenvalue weighted by molar-refractivity contribution is -0.121. The number of rotatable bonds is 7. The van der Waals surface area contributed by atoms with Crippen LogP contribution in [-0.4, -0.2) is 32.0 Å². The van der Waals surface area contributed by atoms with Gasteiger partial charge in [-0.2, -0.15) is 10.2 Å². The van der Waals surface area contributed by atoms with E-state index in [-0.39, 0.29) is 17.5 Å². The summed E-state index contributed by atoms with van der Waals surface area (Å²) in [4.78, 5) is 11.9. The van der Waals surface area contributed by atoms with Gasteiger partial charge in [-0.25, -0.2) is 8.78 Å². The number of carbonyl (C=O) groups is 1. The summed E-state index contributed by atoms with van der Waals surface area (Å²) in [5, 5.41) is 10.7. The van der Waals surface area contributed by atoms with Crippen LogP contribution in [0.5, 0.6) is 0 Å². The van der Waals surface area contributed by atoms with E-state index in [0.29, 0.717) is 18.8 Å². The smallest absolute Gasteiger partial charge is 0.283 e. The number of aromatic nitrogens is 4. The lowest BCUT2D eigenvalue weighted by atomic mass is 10.3. The Hall–Kier alpha value is -1.96. The maximum absolute atomic E-state index is 12.7. The molecule has 2 heterocycles. The zero-order valence-electron chi connectivity index (χ0n) is 13.8. The standard InChI is InChI=1S/C15H20ClF2N5O/c1-9-7-10(2)22(20-9)6-4-5-19-12(24)8-23-11(3)13(16)14(21-23)15(17)18/h7,15H,4-6,8H2,1-3H3,(H,19,24). The van der Waals surface area contributed by atoms with Gasteiger partial charge in [-0.15, -0.1) is 0 Å². The molecule has 0 aliphatic heterocycles. The number of nitrogens with one attached hydrogen (secondary N) is 1. The van der Waals surface area contributed by atoms with Crippen LogP contribution in [0.1, 0.15) is 35.6 Å². The maximum atomic E-state index is 12.7. The zero-order chi connectivity index (χ0) is 17.9. The Morgan fingerprint density at radius 3 is 2.54 bits per heavy atom. The number of hydrogen-bond acceptors (Lipinski definition) is 3. The Morgan fingerprint density at radius 1 is 1.29 bits per heavy atom. The highest BCUT2D eigenvalue weighted by Crippen LogP contribution is 2.28. The molecule has 1 amide bonds. The fourth-order valence-corrected chi connectivity index (χ4v) is 2.61. The molecule has 132 valence electrons. The first-order chi connectivity index (χ1) is 11.3. The summed E-state index contributed by atoms with van der Waals surface area (Å²) in [6, 6.07) is 1.99. The molecular formula is C15H20ClF2N5O. The number of alkyl halides is 2. The third-order valence-electron chi connectivity index (χ3n) is 3.63. The van der Waals surface area contributed by atoms with E-state index in [9.17, 15) is 13.6 Å². The average Bonchev–Trinajstić information content (AvgIpc) is 2.97. The van der Waals surface area contributed by atoms with E-state index in [0.717, 1.165) is 17.8 Å². The fraction of sp³-hybridized carbons (Fsp3) is 0.533. The van der Waals surface area contributed by atoms with Crippen LogP contribution in [0.4, 0.5) is 8.78 Å². The van der Waals surface area contributed by atoms with Crippen molar-refractivity contribution < 1.29 is 13.6 Å². The van der Waals surface area contributed by atoms with Crippen LogP contribution in [0.25, 0.3) is 0 Å². The van der Waals surface area contributed by atoms with Gasteiger partial charge in [0.15, 0.2) is 0 Å². The largest absolute Gasteiger partial charge is 0.354 e. The zero-order valence-corrected chi connectivity index (χ0v) is 14.6. The highest BCUT2D eigenvalue weighted by molar-refractivity contribution is 6.31. The second-order valence-electron chi connectivity index (χ2n) is 5.60. The van der Waals surface area contributed by atoms with Crippen molar-refractivity contribution in [2.24, 2.45) is 0 Å². The molecule has 2 aromatic heterocycles. The van der Waals surface area contributed by atoms with Crippen molar-refractivity contribution in [3.63, 3.8) is 0 Å². The van der Waals surface area contributed by atoms with Crippen LogP contribution in [0.15, 0.2) is 6.07 Å². The van der Waals surface area contributed by atoms with Gasteiger partial charge >= 0.3 is 0 Å². The highest BCUT2D eigenvalue weighted by atomic mass is 35.5. The van der Waals surface area contributed by atoms with Crippen molar-refractivity contribution in [1.29, 1.82) is 0 Å². The first kappa shape index (κ1) is 18.4. The molecule has 24 heavy (non-hydrogen) atoms. The number of nitrogens with zero attached hydrogens (tertiary/aromatic N) is 4. The number of hydrogen-bond donors (Lipinski definition) is 1. The van der Waals surface area contributed by atoms with Crippen LogP contribution < -0.4 is 5.32 Å². The molecule has 0 aromatic carbocycles. The molecule has 6 nitrogen and oxygen atoms in total. The van der Waals surface area contributed by atoms with Crippen LogP contribution in [0.2, 0.25) is 5.02 Å². The van der Waals surface area contributed by atoms with Crippen molar-refractivity contribution >= 4 is 17.5 Å². The van der Waals surface area contributed by atoms with Crippen molar-refractivity contribution in [1.82, 2.24) is 24.9 Å². The summed E-state index contributed by atoms with van der Waals surface area (Å²) in [5.74, 6) is -0.300. The molecular weight excluding hydrogens is 340 g/mol. The van der Waals surface area contributed by atoms with Crippen LogP contribution in [0, 0.1) is 20.8 Å². The number of aryl methyl sites for hydroxylation is 3. The molecule has 0 saturated heterocycles. The molecule has 0 radical (unpaired) electrons. The predicted molar refractivity (Wildman–Crippen MR) is 86.3 cm³/mol. The first-order valence-electron chi connectivity index (χ1n) is 7.58. The van der Waals surface area contributed by atoms with Crippen molar-refractivity contribution in [2.45, 2.75) is 46.7 Å². The number of halogens is 3. The maximum Gasteiger partial charge on any atom is 0.283 e. The minimum atomic E-state index is -2.76. The van der Waals surface area contributed by atoms with Crippen molar-refractivity contribution in [2.75, 3.05) is 6.54 Å². The summed E-state index contributed by atoms with van der Waals surface area (Å²) in [5.41, 5.74) is 1.88. The molecule has 0 saturated carbocycles. The fourth-order valence-electron chi connectivity index (χ4n) is 2.39. The van der Waals surface area contributed by atoms with Gasteiger partial charge in [-0.1, -0.05) is 11.6 Å². The normalized spacial score (nSPS) is 11.3. The van der Waals surface area contributed by atoms with Gasteiger partial charge in [0.05, 0.1) is 16.4 Å². The summed E-state index contributed by atoms with van der Waals surface area (Å²) < 4.78 is 28.5. The van der Waals surface area contributed by atoms with Gasteiger partial charge in [-0.3, -0.25) is 14.2 Å². The topological polar surface area (TPSA) is 64.7 Å². The van der Waals surface area contributed by atoms with Crippen LogP contribution in [0.3, 0.4) is 0 Å². The molecule has 0 fully saturated rings. The SMILES string of the molecule is Cc1cc(C)n(CCCNC(=O)Cn2nc(C(F)F)c(Cl)c2C)n1. The first-order valence-corrected chi connectivity index (χ1v) is 7.96. The number of carbonyl (C=O) groups excluding carboxylic acids is 1. The van der Waals surface area contributed by atoms with E-state index in [2.05, 4.69) is 15.5 Å². The summed E-state index contributed by atoms with van der Waals surface area (Å²) in [7, 11) is 0. The summed E-state index contributed by atoms with van der Waals surface area (Å²) >= 11 is 5.80. The second-order valence-corrected chi connectivity index (χ2v) is 5.97. The van der Waals surface area contributed by atoms with Crippen molar-refractivity contribution in [3.05, 3.63) is 33.9 Å². The van der Waals surface area contributed by atoms with Gasteiger partial charge < -0.3 is 5.32 Å². The molecule has 0 bridgehead atoms. The minimum Gasteiger partial charge on any atom is -0.354 e. The van der Waals surface area contributed by atoms with E-state index in [1.807, 2.05) is 24.6 Å². The van der Waals surface area contributed by atoms with E-state index in [1.165, 1.54) is 4.68 Å². The Kier molecular flexibility index (Phi) is 5.93. The third kappa shape index (κ3) is 4.31. The van der Waals surface area contributed by atoms with Gasteiger partial charge in [0, 0.05) is 18.8 Å². The lowest BCUT2D eigenvalue weighted by Gasteiger charge is -2.08. The summed E-state index contributed by atoms with van der Waals surface area (Å²) in [6.07, 6.45) is -2.05. The summed E-state index contributed by atoms with van der Waals surface area (Å²) in [6.45, 7) is 6.48. The van der Waals surface area contributed by atoms with E-state index < -0.39 is 12.1 Å². The van der Waals surface area contributed by atoms with Crippen molar-refractivity contribution in [3.8, 4) is 0 Å². The highest BCUT2D eigenvalue weighted by Gasteiger charge is 2.21. The molecule has 1 N–H and O–H groups in total. The molecule has 9 heteroatoms. The monoisotopic (exact) mass is 359 g/mol.